The van der Waals surface area contributed by atoms with Crippen molar-refractivity contribution >= 4 is 17.3 Å². The van der Waals surface area contributed by atoms with E-state index in [-0.39, 0.29) is 12.2 Å². The van der Waals surface area contributed by atoms with Gasteiger partial charge in [-0.05, 0) is 42.5 Å². The molecule has 1 aliphatic carbocycles. The number of nitrogens with one attached hydrogen (secondary N) is 1. The average molecular weight is 313 g/mol. The quantitative estimate of drug-likeness (QED) is 0.689. The summed E-state index contributed by atoms with van der Waals surface area (Å²) in [6.45, 7) is -0.266. The highest BCUT2D eigenvalue weighted by atomic mass is 16.6. The summed E-state index contributed by atoms with van der Waals surface area (Å²) in [6, 6.07) is 7.98. The molecule has 1 amide bonds. The van der Waals surface area contributed by atoms with E-state index in [0.717, 1.165) is 42.2 Å². The van der Waals surface area contributed by atoms with Crippen molar-refractivity contribution in [3.63, 3.8) is 0 Å². The lowest BCUT2D eigenvalue weighted by molar-refractivity contribution is -0.385. The summed E-state index contributed by atoms with van der Waals surface area (Å²) in [4.78, 5) is 33.9. The summed E-state index contributed by atoms with van der Waals surface area (Å²) in [6.07, 6.45) is 4.26. The summed E-state index contributed by atoms with van der Waals surface area (Å²) >= 11 is 0. The molecule has 7 heteroatoms. The van der Waals surface area contributed by atoms with Gasteiger partial charge in [-0.25, -0.2) is 0 Å². The van der Waals surface area contributed by atoms with Crippen LogP contribution in [0.1, 0.15) is 17.5 Å². The van der Waals surface area contributed by atoms with Crippen LogP contribution in [0.2, 0.25) is 0 Å². The molecule has 1 heterocycles. The van der Waals surface area contributed by atoms with Crippen molar-refractivity contribution in [3.05, 3.63) is 68.1 Å². The second-order valence-corrected chi connectivity index (χ2v) is 5.50. The van der Waals surface area contributed by atoms with Crippen LogP contribution in [0.25, 0.3) is 0 Å². The van der Waals surface area contributed by atoms with Gasteiger partial charge in [0.15, 0.2) is 0 Å². The summed E-state index contributed by atoms with van der Waals surface area (Å²) < 4.78 is 1.03. The van der Waals surface area contributed by atoms with Crippen LogP contribution in [0.4, 0.5) is 11.4 Å². The second-order valence-electron chi connectivity index (χ2n) is 5.50. The third-order valence-electron chi connectivity index (χ3n) is 3.87. The van der Waals surface area contributed by atoms with Crippen LogP contribution < -0.4 is 10.9 Å². The predicted molar refractivity (Wildman–Crippen MR) is 84.5 cm³/mol. The zero-order valence-corrected chi connectivity index (χ0v) is 12.3. The zero-order chi connectivity index (χ0) is 16.4. The van der Waals surface area contributed by atoms with E-state index in [0.29, 0.717) is 5.69 Å². The van der Waals surface area contributed by atoms with Gasteiger partial charge in [-0.3, -0.25) is 24.3 Å². The fourth-order valence-electron chi connectivity index (χ4n) is 2.76. The third-order valence-corrected chi connectivity index (χ3v) is 3.87. The smallest absolute Gasteiger partial charge is 0.285 e. The predicted octanol–water partition coefficient (Wildman–Crippen LogP) is 1.88. The van der Waals surface area contributed by atoms with Crippen molar-refractivity contribution in [3.8, 4) is 0 Å². The lowest BCUT2D eigenvalue weighted by Crippen LogP contribution is -2.27. The second kappa shape index (κ2) is 6.04. The number of hydrogen-bond acceptors (Lipinski definition) is 4. The van der Waals surface area contributed by atoms with E-state index in [1.54, 1.807) is 0 Å². The Hall–Kier alpha value is -2.96. The van der Waals surface area contributed by atoms with Crippen LogP contribution in [0, 0.1) is 10.1 Å². The van der Waals surface area contributed by atoms with Gasteiger partial charge in [0.05, 0.1) is 11.1 Å². The van der Waals surface area contributed by atoms with Crippen molar-refractivity contribution in [2.75, 3.05) is 5.32 Å². The molecule has 1 N–H and O–H groups in total. The Kier molecular flexibility index (Phi) is 3.92. The van der Waals surface area contributed by atoms with Gasteiger partial charge < -0.3 is 5.32 Å². The Morgan fingerprint density at radius 1 is 1.22 bits per heavy atom. The number of aryl methyl sites for hydroxylation is 2. The number of anilines is 1. The van der Waals surface area contributed by atoms with Gasteiger partial charge in [-0.15, -0.1) is 0 Å². The monoisotopic (exact) mass is 313 g/mol. The summed E-state index contributed by atoms with van der Waals surface area (Å²) in [7, 11) is 0. The molecule has 1 aromatic carbocycles. The largest absolute Gasteiger partial charge is 0.325 e. The molecule has 7 nitrogen and oxygen atoms in total. The molecular weight excluding hydrogens is 298 g/mol. The maximum Gasteiger partial charge on any atom is 0.285 e. The first-order chi connectivity index (χ1) is 11.0. The van der Waals surface area contributed by atoms with E-state index in [2.05, 4.69) is 5.32 Å². The molecule has 0 spiro atoms. The molecule has 3 rings (SSSR count). The third kappa shape index (κ3) is 3.28. The molecule has 0 fully saturated rings. The molecule has 1 aromatic heterocycles. The maximum absolute atomic E-state index is 12.1. The standard InChI is InChI=1S/C16H15N3O4/c20-15(10-18-9-14(19(22)23)6-7-16(18)21)17-13-5-4-11-2-1-3-12(11)8-13/h4-9H,1-3,10H2,(H,17,20). The molecule has 23 heavy (non-hydrogen) atoms. The van der Waals surface area contributed by atoms with Crippen molar-refractivity contribution in [2.24, 2.45) is 0 Å². The number of hydrogen-bond donors (Lipinski definition) is 1. The van der Waals surface area contributed by atoms with Crippen LogP contribution in [0.5, 0.6) is 0 Å². The first-order valence-electron chi connectivity index (χ1n) is 7.29. The first-order valence-corrected chi connectivity index (χ1v) is 7.29. The molecule has 0 saturated heterocycles. The molecule has 0 atom stereocenters. The summed E-state index contributed by atoms with van der Waals surface area (Å²) in [5, 5.41) is 13.5. The highest BCUT2D eigenvalue weighted by Crippen LogP contribution is 2.24. The Balaban J connectivity index is 1.73. The minimum absolute atomic E-state index is 0.227. The number of amides is 1. The molecule has 0 radical (unpaired) electrons. The Bertz CT molecular complexity index is 841. The van der Waals surface area contributed by atoms with Crippen LogP contribution in [-0.2, 0) is 24.2 Å². The molecule has 2 aromatic rings. The van der Waals surface area contributed by atoms with E-state index in [4.69, 9.17) is 0 Å². The fraction of sp³-hybridized carbons (Fsp3) is 0.250. The molecular formula is C16H15N3O4. The van der Waals surface area contributed by atoms with Crippen LogP contribution in [-0.4, -0.2) is 15.4 Å². The van der Waals surface area contributed by atoms with Gasteiger partial charge in [-0.1, -0.05) is 6.07 Å². The van der Waals surface area contributed by atoms with E-state index in [1.165, 1.54) is 11.1 Å². The lowest BCUT2D eigenvalue weighted by atomic mass is 10.1. The van der Waals surface area contributed by atoms with Gasteiger partial charge in [0, 0.05) is 17.8 Å². The Morgan fingerprint density at radius 2 is 2.00 bits per heavy atom. The van der Waals surface area contributed by atoms with Crippen molar-refractivity contribution in [2.45, 2.75) is 25.8 Å². The van der Waals surface area contributed by atoms with Crippen LogP contribution >= 0.6 is 0 Å². The highest BCUT2D eigenvalue weighted by molar-refractivity contribution is 5.90. The highest BCUT2D eigenvalue weighted by Gasteiger charge is 2.13. The van der Waals surface area contributed by atoms with E-state index in [1.807, 2.05) is 18.2 Å². The van der Waals surface area contributed by atoms with Crippen molar-refractivity contribution in [1.29, 1.82) is 0 Å². The summed E-state index contributed by atoms with van der Waals surface area (Å²) in [5.41, 5.74) is 2.52. The minimum Gasteiger partial charge on any atom is -0.325 e. The molecule has 0 aliphatic heterocycles. The fourth-order valence-corrected chi connectivity index (χ4v) is 2.76. The van der Waals surface area contributed by atoms with Crippen LogP contribution in [0.15, 0.2) is 41.3 Å². The van der Waals surface area contributed by atoms with E-state index >= 15 is 0 Å². The summed E-state index contributed by atoms with van der Waals surface area (Å²) in [5.74, 6) is -0.398. The van der Waals surface area contributed by atoms with Crippen LogP contribution in [0.3, 0.4) is 0 Å². The molecule has 0 bridgehead atoms. The zero-order valence-electron chi connectivity index (χ0n) is 12.3. The molecule has 0 unspecified atom stereocenters. The number of nitrogens with zero attached hydrogens (tertiary/aromatic N) is 2. The molecule has 1 aliphatic rings. The number of carbonyl (C=O) groups is 1. The Labute approximate surface area is 131 Å². The van der Waals surface area contributed by atoms with Gasteiger partial charge in [0.25, 0.3) is 11.2 Å². The van der Waals surface area contributed by atoms with E-state index in [9.17, 15) is 19.7 Å². The van der Waals surface area contributed by atoms with Gasteiger partial charge >= 0.3 is 0 Å². The average Bonchev–Trinajstić information content (AvgIpc) is 2.96. The minimum atomic E-state index is -0.603. The number of benzene rings is 1. The van der Waals surface area contributed by atoms with Crippen molar-refractivity contribution < 1.29 is 9.72 Å². The first kappa shape index (κ1) is 15.0. The Morgan fingerprint density at radius 3 is 2.78 bits per heavy atom. The van der Waals surface area contributed by atoms with Gasteiger partial charge in [-0.2, -0.15) is 0 Å². The van der Waals surface area contributed by atoms with E-state index < -0.39 is 16.4 Å². The number of aromatic nitrogens is 1. The number of fused-ring (bicyclic) bond motifs is 1. The number of rotatable bonds is 4. The SMILES string of the molecule is O=C(Cn1cc([N+](=O)[O-])ccc1=O)Nc1ccc2c(c1)CCC2. The molecule has 118 valence electrons. The van der Waals surface area contributed by atoms with Gasteiger partial charge in [0.2, 0.25) is 5.91 Å². The van der Waals surface area contributed by atoms with Crippen molar-refractivity contribution in [1.82, 2.24) is 4.57 Å². The number of nitro groups is 1. The van der Waals surface area contributed by atoms with Gasteiger partial charge in [0.1, 0.15) is 6.54 Å². The topological polar surface area (TPSA) is 94.2 Å². The molecule has 0 saturated carbocycles. The normalized spacial score (nSPS) is 12.7. The maximum atomic E-state index is 12.1. The lowest BCUT2D eigenvalue weighted by Gasteiger charge is -2.09. The number of pyridine rings is 1. The number of carbonyl (C=O) groups excluding carboxylic acids is 1.